The minimum atomic E-state index is -3.66. The molecule has 162 valence electrons. The number of sulfonamides is 1. The van der Waals surface area contributed by atoms with Crippen LogP contribution < -0.4 is 14.8 Å². The Bertz CT molecular complexity index is 948. The highest BCUT2D eigenvalue weighted by Gasteiger charge is 2.33. The highest BCUT2D eigenvalue weighted by atomic mass is 35.5. The molecule has 2 aromatic rings. The van der Waals surface area contributed by atoms with Gasteiger partial charge in [-0.3, -0.25) is 4.79 Å². The van der Waals surface area contributed by atoms with Crippen LogP contribution in [0.25, 0.3) is 0 Å². The van der Waals surface area contributed by atoms with E-state index in [0.717, 1.165) is 0 Å². The van der Waals surface area contributed by atoms with Crippen LogP contribution >= 0.6 is 11.6 Å². The van der Waals surface area contributed by atoms with Gasteiger partial charge in [-0.15, -0.1) is 0 Å². The molecule has 3 rings (SSSR count). The summed E-state index contributed by atoms with van der Waals surface area (Å²) in [5, 5.41) is 3.46. The van der Waals surface area contributed by atoms with Gasteiger partial charge in [-0.1, -0.05) is 11.6 Å². The maximum Gasteiger partial charge on any atom is 0.243 e. The summed E-state index contributed by atoms with van der Waals surface area (Å²) in [6.07, 6.45) is 1.28. The van der Waals surface area contributed by atoms with E-state index >= 15 is 0 Å². The molecule has 1 amide bonds. The minimum Gasteiger partial charge on any atom is -0.497 e. The van der Waals surface area contributed by atoms with E-state index in [1.807, 2.05) is 0 Å². The van der Waals surface area contributed by atoms with E-state index in [-0.39, 0.29) is 23.3 Å². The van der Waals surface area contributed by atoms with Gasteiger partial charge in [0.05, 0.1) is 24.5 Å². The topological polar surface area (TPSA) is 84.9 Å². The predicted molar refractivity (Wildman–Crippen MR) is 114 cm³/mol. The van der Waals surface area contributed by atoms with Crippen LogP contribution in [0.4, 0.5) is 0 Å². The zero-order valence-corrected chi connectivity index (χ0v) is 18.3. The van der Waals surface area contributed by atoms with Crippen LogP contribution in [0.2, 0.25) is 5.02 Å². The number of benzene rings is 2. The Morgan fingerprint density at radius 1 is 1.13 bits per heavy atom. The number of piperidine rings is 1. The summed E-state index contributed by atoms with van der Waals surface area (Å²) in [7, 11) is -2.13. The van der Waals surface area contributed by atoms with Crippen LogP contribution in [0.15, 0.2) is 53.4 Å². The second kappa shape index (κ2) is 10.1. The van der Waals surface area contributed by atoms with Gasteiger partial charge in [0.1, 0.15) is 18.1 Å². The molecule has 0 aromatic heterocycles. The number of hydrogen-bond acceptors (Lipinski definition) is 5. The molecule has 0 radical (unpaired) electrons. The number of hydrogen-bond donors (Lipinski definition) is 1. The average Bonchev–Trinajstić information content (AvgIpc) is 2.78. The van der Waals surface area contributed by atoms with E-state index in [1.54, 1.807) is 36.4 Å². The van der Waals surface area contributed by atoms with Gasteiger partial charge >= 0.3 is 0 Å². The fourth-order valence-electron chi connectivity index (χ4n) is 3.29. The van der Waals surface area contributed by atoms with Crippen molar-refractivity contribution in [2.45, 2.75) is 17.7 Å². The van der Waals surface area contributed by atoms with Crippen molar-refractivity contribution in [3.63, 3.8) is 0 Å². The summed E-state index contributed by atoms with van der Waals surface area (Å²) >= 11 is 5.83. The number of nitrogens with zero attached hydrogens (tertiary/aromatic N) is 1. The van der Waals surface area contributed by atoms with Crippen molar-refractivity contribution in [1.29, 1.82) is 0 Å². The molecule has 1 fully saturated rings. The van der Waals surface area contributed by atoms with Crippen LogP contribution in [-0.4, -0.2) is 52.0 Å². The van der Waals surface area contributed by atoms with Gasteiger partial charge in [-0.05, 0) is 61.4 Å². The molecule has 1 aliphatic rings. The third kappa shape index (κ3) is 5.65. The largest absolute Gasteiger partial charge is 0.497 e. The summed E-state index contributed by atoms with van der Waals surface area (Å²) < 4.78 is 37.9. The Kier molecular flexibility index (Phi) is 7.58. The molecular weight excluding hydrogens is 428 g/mol. The Balaban J connectivity index is 1.51. The molecule has 1 aliphatic heterocycles. The molecule has 1 heterocycles. The molecule has 1 saturated heterocycles. The van der Waals surface area contributed by atoms with Crippen molar-refractivity contribution in [3.8, 4) is 11.5 Å². The summed E-state index contributed by atoms with van der Waals surface area (Å²) in [6.45, 7) is 1.22. The van der Waals surface area contributed by atoms with Gasteiger partial charge < -0.3 is 14.8 Å². The number of carbonyl (C=O) groups excluding carboxylic acids is 1. The quantitative estimate of drug-likeness (QED) is 0.622. The first-order valence-electron chi connectivity index (χ1n) is 9.70. The molecule has 1 atom stereocenters. The van der Waals surface area contributed by atoms with Crippen LogP contribution in [0.5, 0.6) is 11.5 Å². The average molecular weight is 453 g/mol. The molecule has 0 saturated carbocycles. The number of ether oxygens (including phenoxy) is 2. The molecular formula is C21H25ClN2O5S. The molecule has 30 heavy (non-hydrogen) atoms. The lowest BCUT2D eigenvalue weighted by Gasteiger charge is -2.31. The highest BCUT2D eigenvalue weighted by molar-refractivity contribution is 7.89. The van der Waals surface area contributed by atoms with E-state index in [9.17, 15) is 13.2 Å². The Labute approximate surface area is 182 Å². The van der Waals surface area contributed by atoms with Crippen molar-refractivity contribution in [2.24, 2.45) is 5.92 Å². The van der Waals surface area contributed by atoms with Crippen LogP contribution in [-0.2, 0) is 14.8 Å². The Morgan fingerprint density at radius 3 is 2.47 bits per heavy atom. The number of methoxy groups -OCH3 is 1. The third-order valence-corrected chi connectivity index (χ3v) is 7.07. The van der Waals surface area contributed by atoms with E-state index in [2.05, 4.69) is 5.32 Å². The van der Waals surface area contributed by atoms with Crippen LogP contribution in [0, 0.1) is 5.92 Å². The molecule has 0 bridgehead atoms. The zero-order valence-electron chi connectivity index (χ0n) is 16.7. The standard InChI is InChI=1S/C21H25ClN2O5S/c1-28-18-8-10-20(11-9-18)30(26,27)24-13-2-3-16(15-24)21(25)23-12-14-29-19-6-4-17(22)5-7-19/h4-11,16H,2-3,12-15H2,1H3,(H,23,25)/t16-/m1/s1. The summed E-state index contributed by atoms with van der Waals surface area (Å²) in [5.41, 5.74) is 0. The summed E-state index contributed by atoms with van der Waals surface area (Å²) in [6, 6.07) is 13.2. The van der Waals surface area contributed by atoms with Gasteiger partial charge in [0.25, 0.3) is 0 Å². The van der Waals surface area contributed by atoms with Gasteiger partial charge in [-0.2, -0.15) is 4.31 Å². The Hall–Kier alpha value is -2.29. The Morgan fingerprint density at radius 2 is 1.80 bits per heavy atom. The van der Waals surface area contributed by atoms with Gasteiger partial charge in [0.2, 0.25) is 15.9 Å². The minimum absolute atomic E-state index is 0.163. The SMILES string of the molecule is COc1ccc(S(=O)(=O)N2CCC[C@@H](C(=O)NCCOc3ccc(Cl)cc3)C2)cc1. The number of halogens is 1. The highest BCUT2D eigenvalue weighted by Crippen LogP contribution is 2.25. The maximum atomic E-state index is 12.9. The monoisotopic (exact) mass is 452 g/mol. The first kappa shape index (κ1) is 22.4. The van der Waals surface area contributed by atoms with Crippen molar-refractivity contribution < 1.29 is 22.7 Å². The lowest BCUT2D eigenvalue weighted by Crippen LogP contribution is -2.45. The van der Waals surface area contributed by atoms with Crippen LogP contribution in [0.3, 0.4) is 0 Å². The number of amides is 1. The lowest BCUT2D eigenvalue weighted by atomic mass is 9.99. The van der Waals surface area contributed by atoms with Crippen molar-refractivity contribution in [3.05, 3.63) is 53.6 Å². The molecule has 1 N–H and O–H groups in total. The molecule has 2 aromatic carbocycles. The molecule has 9 heteroatoms. The van der Waals surface area contributed by atoms with Gasteiger partial charge in [0.15, 0.2) is 0 Å². The maximum absolute atomic E-state index is 12.9. The van der Waals surface area contributed by atoms with E-state index in [4.69, 9.17) is 21.1 Å². The molecule has 0 spiro atoms. The van der Waals surface area contributed by atoms with Crippen molar-refractivity contribution in [2.75, 3.05) is 33.4 Å². The third-order valence-electron chi connectivity index (χ3n) is 4.94. The zero-order chi connectivity index (χ0) is 21.6. The number of carbonyl (C=O) groups is 1. The summed E-state index contributed by atoms with van der Waals surface area (Å²) in [5.74, 6) is 0.709. The number of nitrogens with one attached hydrogen (secondary N) is 1. The molecule has 0 aliphatic carbocycles. The number of rotatable bonds is 8. The van der Waals surface area contributed by atoms with Crippen molar-refractivity contribution >= 4 is 27.5 Å². The van der Waals surface area contributed by atoms with Gasteiger partial charge in [0, 0.05) is 18.1 Å². The molecule has 0 unspecified atom stereocenters. The predicted octanol–water partition coefficient (Wildman–Crippen LogP) is 2.94. The van der Waals surface area contributed by atoms with Crippen LogP contribution in [0.1, 0.15) is 12.8 Å². The van der Waals surface area contributed by atoms with E-state index in [1.165, 1.54) is 23.5 Å². The first-order valence-corrected chi connectivity index (χ1v) is 11.5. The second-order valence-electron chi connectivity index (χ2n) is 6.97. The first-order chi connectivity index (χ1) is 14.4. The second-order valence-corrected chi connectivity index (χ2v) is 9.35. The smallest absolute Gasteiger partial charge is 0.243 e. The van der Waals surface area contributed by atoms with Gasteiger partial charge in [-0.25, -0.2) is 8.42 Å². The van der Waals surface area contributed by atoms with E-state index < -0.39 is 10.0 Å². The van der Waals surface area contributed by atoms with Crippen molar-refractivity contribution in [1.82, 2.24) is 9.62 Å². The fraction of sp³-hybridized carbons (Fsp3) is 0.381. The lowest BCUT2D eigenvalue weighted by molar-refractivity contribution is -0.126. The summed E-state index contributed by atoms with van der Waals surface area (Å²) in [4.78, 5) is 12.7. The normalized spacial score (nSPS) is 17.3. The fourth-order valence-corrected chi connectivity index (χ4v) is 4.94. The van der Waals surface area contributed by atoms with E-state index in [0.29, 0.717) is 49.1 Å². The molecule has 7 nitrogen and oxygen atoms in total.